The summed E-state index contributed by atoms with van der Waals surface area (Å²) >= 11 is 0. The molecule has 1 aliphatic carbocycles. The second kappa shape index (κ2) is 17.7. The smallest absolute Gasteiger partial charge is 0.333 e. The van der Waals surface area contributed by atoms with E-state index in [1.165, 1.54) is 15.3 Å². The molecule has 11 rings (SSSR count). The molecule has 0 bridgehead atoms. The number of rotatable bonds is 10. The van der Waals surface area contributed by atoms with Gasteiger partial charge in [0.25, 0.3) is 12.3 Å². The molecule has 6 aromatic rings. The Morgan fingerprint density at radius 3 is 2.51 bits per heavy atom. The van der Waals surface area contributed by atoms with E-state index in [0.29, 0.717) is 61.0 Å². The van der Waals surface area contributed by atoms with Crippen LogP contribution in [-0.4, -0.2) is 135 Å². The van der Waals surface area contributed by atoms with E-state index in [0.717, 1.165) is 88.0 Å². The Hall–Kier alpha value is -6.32. The van der Waals surface area contributed by atoms with Crippen molar-refractivity contribution in [3.63, 3.8) is 0 Å². The van der Waals surface area contributed by atoms with Gasteiger partial charge in [0, 0.05) is 64.3 Å². The monoisotopic (exact) mass is 919 g/mol. The molecule has 67 heavy (non-hydrogen) atoms. The van der Waals surface area contributed by atoms with Crippen molar-refractivity contribution in [2.75, 3.05) is 62.3 Å². The van der Waals surface area contributed by atoms with Crippen LogP contribution in [0.3, 0.4) is 0 Å². The minimum absolute atomic E-state index is 0.0652. The second-order valence-corrected chi connectivity index (χ2v) is 18.6. The number of halogens is 2. The minimum Gasteiger partial charge on any atom is -0.377 e. The number of morpholine rings is 1. The fourth-order valence-corrected chi connectivity index (χ4v) is 11.3. The summed E-state index contributed by atoms with van der Waals surface area (Å²) in [5.41, 5.74) is 3.89. The van der Waals surface area contributed by atoms with Gasteiger partial charge in [-0.2, -0.15) is 10.2 Å². The summed E-state index contributed by atoms with van der Waals surface area (Å²) < 4.78 is 43.7. The Labute approximate surface area is 384 Å². The highest BCUT2D eigenvalue weighted by Gasteiger charge is 2.38. The van der Waals surface area contributed by atoms with Crippen molar-refractivity contribution < 1.29 is 23.1 Å². The van der Waals surface area contributed by atoms with E-state index < -0.39 is 18.2 Å². The van der Waals surface area contributed by atoms with Gasteiger partial charge in [0.2, 0.25) is 5.91 Å². The lowest BCUT2D eigenvalue weighted by molar-refractivity contribution is -0.128. The zero-order valence-electron chi connectivity index (χ0n) is 37.8. The number of aromatic nitrogens is 10. The Morgan fingerprint density at radius 2 is 1.72 bits per heavy atom. The number of nitrogens with zero attached hydrogens (tertiary/aromatic N) is 14. The van der Waals surface area contributed by atoms with Crippen molar-refractivity contribution in [3.8, 4) is 16.9 Å². The van der Waals surface area contributed by atoms with Crippen molar-refractivity contribution in [1.29, 1.82) is 0 Å². The van der Waals surface area contributed by atoms with E-state index >= 15 is 8.78 Å². The molecule has 4 aliphatic heterocycles. The molecule has 1 aromatic carbocycles. The molecular weight excluding hydrogens is 865 g/mol. The summed E-state index contributed by atoms with van der Waals surface area (Å²) in [7, 11) is 1.74. The molecule has 19 nitrogen and oxygen atoms in total. The van der Waals surface area contributed by atoms with E-state index in [1.54, 1.807) is 39.4 Å². The van der Waals surface area contributed by atoms with Gasteiger partial charge in [-0.05, 0) is 63.1 Å². The number of ether oxygens (including phenoxy) is 1. The first-order valence-corrected chi connectivity index (χ1v) is 23.6. The number of imide groups is 1. The molecule has 4 fully saturated rings. The number of imidazole rings is 1. The number of amides is 2. The maximum absolute atomic E-state index is 15.1. The van der Waals surface area contributed by atoms with Gasteiger partial charge >= 0.3 is 5.69 Å². The fraction of sp³-hybridized carbons (Fsp3) is 0.522. The number of benzene rings is 1. The molecule has 3 atom stereocenters. The zero-order valence-corrected chi connectivity index (χ0v) is 37.8. The van der Waals surface area contributed by atoms with Crippen LogP contribution in [0.2, 0.25) is 0 Å². The molecule has 352 valence electrons. The molecule has 5 aliphatic rings. The number of hydrogen-bond donors (Lipinski definition) is 1. The maximum atomic E-state index is 15.1. The van der Waals surface area contributed by atoms with Gasteiger partial charge in [-0.1, -0.05) is 30.5 Å². The van der Waals surface area contributed by atoms with Crippen molar-refractivity contribution in [1.82, 2.24) is 63.6 Å². The van der Waals surface area contributed by atoms with Crippen molar-refractivity contribution in [3.05, 3.63) is 71.3 Å². The van der Waals surface area contributed by atoms with Gasteiger partial charge in [-0.15, -0.1) is 5.10 Å². The number of piperazine rings is 1. The number of hydrogen-bond acceptors (Lipinski definition) is 13. The van der Waals surface area contributed by atoms with E-state index in [2.05, 4.69) is 58.4 Å². The van der Waals surface area contributed by atoms with Gasteiger partial charge in [-0.25, -0.2) is 27.8 Å². The van der Waals surface area contributed by atoms with Crippen LogP contribution in [0.1, 0.15) is 83.0 Å². The molecule has 5 aromatic heterocycles. The van der Waals surface area contributed by atoms with Crippen LogP contribution in [0.5, 0.6) is 0 Å². The van der Waals surface area contributed by atoms with Crippen LogP contribution >= 0.6 is 0 Å². The number of aryl methyl sites for hydroxylation is 1. The summed E-state index contributed by atoms with van der Waals surface area (Å²) in [6, 6.07) is 7.94. The number of para-hydroxylation sites is 1. The lowest BCUT2D eigenvalue weighted by Gasteiger charge is -2.49. The highest BCUT2D eigenvalue weighted by Crippen LogP contribution is 2.39. The van der Waals surface area contributed by atoms with Gasteiger partial charge < -0.3 is 14.5 Å². The second-order valence-electron chi connectivity index (χ2n) is 18.6. The minimum atomic E-state index is -2.84. The number of alkyl halides is 2. The Balaban J connectivity index is 0.862. The van der Waals surface area contributed by atoms with Crippen LogP contribution in [0.4, 0.5) is 20.3 Å². The normalized spacial score (nSPS) is 22.3. The largest absolute Gasteiger partial charge is 0.377 e. The molecule has 2 amide bonds. The van der Waals surface area contributed by atoms with Crippen molar-refractivity contribution >= 4 is 45.7 Å². The number of piperidine rings is 1. The van der Waals surface area contributed by atoms with E-state index in [4.69, 9.17) is 9.72 Å². The predicted octanol–water partition coefficient (Wildman–Crippen LogP) is 4.59. The maximum Gasteiger partial charge on any atom is 0.333 e. The summed E-state index contributed by atoms with van der Waals surface area (Å²) in [4.78, 5) is 53.0. The molecule has 1 N–H and O–H groups in total. The Kier molecular flexibility index (Phi) is 11.4. The third-order valence-corrected chi connectivity index (χ3v) is 14.5. The quantitative estimate of drug-likeness (QED) is 0.189. The first kappa shape index (κ1) is 43.3. The number of fused-ring (bicyclic) bond motifs is 2. The fourth-order valence-electron chi connectivity index (χ4n) is 11.3. The van der Waals surface area contributed by atoms with Crippen LogP contribution in [0.15, 0.2) is 59.9 Å². The third-order valence-electron chi connectivity index (χ3n) is 14.5. The highest BCUT2D eigenvalue weighted by molar-refractivity contribution is 6.10. The topological polar surface area (TPSA) is 174 Å². The standard InChI is InChI=1S/C46H55F2N15O4/c1-29-28-67-22-21-58(29)37-14-16-60-44(50-37)32(25-49-60)33-26-61(54-52-33)36-27-62(53-41(36)43(47)48)45(30-9-4-3-5-10-30)57-19-17-56(18-20-57)40-13-6-7-15-59(40)34-11-8-12-35-42(34)55(2)46(66)63(35)31-23-38(64)51-39(65)24-31/h8,11-12,14,16,23,25-27,29-30,40,43,45H,3-7,9-10,13,15,17-22,24,28H2,1-2H3,(H,51,64,65)/t29-,40?,45-/m0/s1. The number of nitrogens with one attached hydrogen (secondary N) is 1. The summed E-state index contributed by atoms with van der Waals surface area (Å²) in [6.45, 7) is 7.79. The number of anilines is 2. The highest BCUT2D eigenvalue weighted by atomic mass is 19.3. The molecule has 1 saturated carbocycles. The average Bonchev–Trinajstić information content (AvgIpc) is 4.15. The SMILES string of the molecule is C[C@H]1COCCN1c1ccn2ncc(-c3cn(-c4cn([C@@H](C5CCCCC5)N5CCN(C6CCCCN6c6cccc7c6n(C)c(=O)n7C6=CC(=O)NC(=O)C6)CC5)nc4C(F)F)nn3)c2n1. The lowest BCUT2D eigenvalue weighted by Crippen LogP contribution is -2.58. The molecule has 3 saturated heterocycles. The van der Waals surface area contributed by atoms with E-state index in [-0.39, 0.29) is 47.8 Å². The Morgan fingerprint density at radius 1 is 0.896 bits per heavy atom. The van der Waals surface area contributed by atoms with Gasteiger partial charge in [0.1, 0.15) is 23.4 Å². The van der Waals surface area contributed by atoms with Crippen molar-refractivity contribution in [2.45, 2.75) is 89.5 Å². The lowest BCUT2D eigenvalue weighted by atomic mass is 9.86. The summed E-state index contributed by atoms with van der Waals surface area (Å²) in [5, 5.41) is 20.3. The molecule has 0 radical (unpaired) electrons. The zero-order chi connectivity index (χ0) is 45.9. The third kappa shape index (κ3) is 7.89. The van der Waals surface area contributed by atoms with Crippen LogP contribution in [-0.2, 0) is 21.4 Å². The van der Waals surface area contributed by atoms with Gasteiger partial charge in [-0.3, -0.25) is 38.5 Å². The van der Waals surface area contributed by atoms with Crippen LogP contribution in [0, 0.1) is 5.92 Å². The molecule has 0 spiro atoms. The molecule has 21 heteroatoms. The first-order valence-electron chi connectivity index (χ1n) is 23.6. The van der Waals surface area contributed by atoms with E-state index in [1.807, 2.05) is 24.4 Å². The van der Waals surface area contributed by atoms with E-state index in [9.17, 15) is 14.4 Å². The van der Waals surface area contributed by atoms with Gasteiger partial charge in [0.05, 0.1) is 72.7 Å². The summed E-state index contributed by atoms with van der Waals surface area (Å²) in [5.74, 6) is 0.0489. The molecule has 9 heterocycles. The number of carbonyl (C=O) groups is 2. The predicted molar refractivity (Wildman–Crippen MR) is 245 cm³/mol. The number of carbonyl (C=O) groups excluding carboxylic acids is 2. The molecular formula is C46H55F2N15O4. The van der Waals surface area contributed by atoms with Crippen molar-refractivity contribution in [2.24, 2.45) is 13.0 Å². The van der Waals surface area contributed by atoms with Crippen LogP contribution in [0.25, 0.3) is 39.3 Å². The Bertz CT molecular complexity index is 2920. The summed E-state index contributed by atoms with van der Waals surface area (Å²) in [6.07, 6.45) is 13.4. The van der Waals surface area contributed by atoms with Gasteiger partial charge in [0.15, 0.2) is 11.3 Å². The average molecular weight is 920 g/mol. The van der Waals surface area contributed by atoms with Crippen LogP contribution < -0.4 is 20.8 Å². The molecule has 1 unspecified atom stereocenters. The first-order chi connectivity index (χ1) is 32.6.